The molecule has 11 heteroatoms. The van der Waals surface area contributed by atoms with Gasteiger partial charge >= 0.3 is 12.1 Å². The first-order valence-corrected chi connectivity index (χ1v) is 8.59. The third-order valence-electron chi connectivity index (χ3n) is 4.35. The van der Waals surface area contributed by atoms with Gasteiger partial charge in [-0.05, 0) is 25.1 Å². The van der Waals surface area contributed by atoms with Crippen molar-refractivity contribution in [1.29, 1.82) is 0 Å². The number of H-pyrrole nitrogens is 2. The van der Waals surface area contributed by atoms with Crippen molar-refractivity contribution in [2.45, 2.75) is 19.5 Å². The molecule has 0 saturated carbocycles. The summed E-state index contributed by atoms with van der Waals surface area (Å²) < 4.78 is 45.6. The molecular weight excluding hydrogens is 391 g/mol. The van der Waals surface area contributed by atoms with Gasteiger partial charge in [-0.25, -0.2) is 14.8 Å². The molecule has 0 saturated heterocycles. The van der Waals surface area contributed by atoms with Gasteiger partial charge in [0.05, 0.1) is 28.9 Å². The molecule has 150 valence electrons. The molecule has 1 aromatic carbocycles. The van der Waals surface area contributed by atoms with Crippen LogP contribution in [-0.2, 0) is 17.3 Å². The van der Waals surface area contributed by atoms with Crippen LogP contribution in [0.25, 0.3) is 16.7 Å². The average Bonchev–Trinajstić information content (AvgIpc) is 3.30. The van der Waals surface area contributed by atoms with Gasteiger partial charge in [-0.3, -0.25) is 9.20 Å². The Morgan fingerprint density at radius 3 is 2.76 bits per heavy atom. The number of rotatable bonds is 4. The second kappa shape index (κ2) is 6.76. The number of benzene rings is 1. The molecule has 0 radical (unpaired) electrons. The Hall–Kier alpha value is -3.63. The number of aromatic amines is 2. The fraction of sp³-hybridized carbons (Fsp3) is 0.222. The molecule has 3 heterocycles. The van der Waals surface area contributed by atoms with Gasteiger partial charge in [0.25, 0.3) is 5.56 Å². The zero-order chi connectivity index (χ0) is 20.8. The van der Waals surface area contributed by atoms with E-state index in [4.69, 9.17) is 4.74 Å². The molecule has 0 unspecified atom stereocenters. The Labute approximate surface area is 160 Å². The molecule has 3 aromatic heterocycles. The molecule has 29 heavy (non-hydrogen) atoms. The van der Waals surface area contributed by atoms with Crippen molar-refractivity contribution in [1.82, 2.24) is 24.3 Å². The lowest BCUT2D eigenvalue weighted by atomic mass is 10.1. The number of nitrogens with one attached hydrogen (secondary N) is 2. The number of aromatic nitrogens is 5. The predicted octanol–water partition coefficient (Wildman–Crippen LogP) is 2.69. The van der Waals surface area contributed by atoms with Gasteiger partial charge < -0.3 is 14.7 Å². The van der Waals surface area contributed by atoms with Gasteiger partial charge in [-0.2, -0.15) is 13.2 Å². The molecular formula is C18H14F3N5O3. The van der Waals surface area contributed by atoms with Crippen molar-refractivity contribution in [2.75, 3.05) is 6.61 Å². The Bertz CT molecular complexity index is 1270. The highest BCUT2D eigenvalue weighted by molar-refractivity contribution is 5.91. The smallest absolute Gasteiger partial charge is 0.416 e. The van der Waals surface area contributed by atoms with E-state index >= 15 is 0 Å². The average molecular weight is 405 g/mol. The van der Waals surface area contributed by atoms with Crippen molar-refractivity contribution in [2.24, 2.45) is 0 Å². The maximum Gasteiger partial charge on any atom is 0.416 e. The lowest BCUT2D eigenvalue weighted by molar-refractivity contribution is -0.137. The van der Waals surface area contributed by atoms with E-state index in [1.54, 1.807) is 13.1 Å². The molecule has 4 aromatic rings. The van der Waals surface area contributed by atoms with E-state index in [0.717, 1.165) is 12.1 Å². The quantitative estimate of drug-likeness (QED) is 0.508. The zero-order valence-electron chi connectivity index (χ0n) is 15.0. The number of alkyl halides is 3. The van der Waals surface area contributed by atoms with Crippen molar-refractivity contribution in [3.63, 3.8) is 0 Å². The summed E-state index contributed by atoms with van der Waals surface area (Å²) in [6.45, 7) is 1.72. The van der Waals surface area contributed by atoms with Crippen LogP contribution in [0.2, 0.25) is 0 Å². The van der Waals surface area contributed by atoms with Gasteiger partial charge in [0, 0.05) is 18.8 Å². The second-order valence-corrected chi connectivity index (χ2v) is 6.18. The molecule has 0 atom stereocenters. The Morgan fingerprint density at radius 1 is 1.31 bits per heavy atom. The van der Waals surface area contributed by atoms with E-state index in [9.17, 15) is 22.8 Å². The standard InChI is InChI=1S/C18H14F3N5O3/c1-2-29-17(28)14-12(8-13-22-5-6-23-13)26-11-4-3-9(18(19,20)21)7-10(11)24-16(27)15(26)25-14/h3-7H,2,8H2,1H3,(H,22,23)(H,24,27). The van der Waals surface area contributed by atoms with Gasteiger partial charge in [0.15, 0.2) is 5.69 Å². The van der Waals surface area contributed by atoms with Gasteiger partial charge in [0.2, 0.25) is 5.65 Å². The van der Waals surface area contributed by atoms with Crippen LogP contribution in [0.5, 0.6) is 0 Å². The maximum absolute atomic E-state index is 13.1. The van der Waals surface area contributed by atoms with Crippen LogP contribution in [0.1, 0.15) is 34.5 Å². The zero-order valence-corrected chi connectivity index (χ0v) is 15.0. The minimum Gasteiger partial charge on any atom is -0.461 e. The van der Waals surface area contributed by atoms with Crippen LogP contribution in [0, 0.1) is 0 Å². The first-order valence-electron chi connectivity index (χ1n) is 8.59. The van der Waals surface area contributed by atoms with E-state index in [1.807, 2.05) is 0 Å². The number of hydrogen-bond acceptors (Lipinski definition) is 5. The van der Waals surface area contributed by atoms with E-state index < -0.39 is 23.3 Å². The molecule has 2 N–H and O–H groups in total. The summed E-state index contributed by atoms with van der Waals surface area (Å²) >= 11 is 0. The monoisotopic (exact) mass is 405 g/mol. The predicted molar refractivity (Wildman–Crippen MR) is 95.7 cm³/mol. The van der Waals surface area contributed by atoms with Crippen molar-refractivity contribution >= 4 is 22.6 Å². The summed E-state index contributed by atoms with van der Waals surface area (Å²) in [5.41, 5.74) is -1.35. The Morgan fingerprint density at radius 2 is 2.10 bits per heavy atom. The van der Waals surface area contributed by atoms with Crippen LogP contribution < -0.4 is 5.56 Å². The number of fused-ring (bicyclic) bond motifs is 3. The molecule has 0 fully saturated rings. The van der Waals surface area contributed by atoms with Crippen LogP contribution in [0.4, 0.5) is 13.2 Å². The number of imidazole rings is 2. The summed E-state index contributed by atoms with van der Waals surface area (Å²) in [6.07, 6.45) is -1.38. The highest BCUT2D eigenvalue weighted by Crippen LogP contribution is 2.31. The number of carbonyl (C=O) groups excluding carboxylic acids is 1. The fourth-order valence-corrected chi connectivity index (χ4v) is 3.13. The van der Waals surface area contributed by atoms with Crippen LogP contribution in [0.3, 0.4) is 0 Å². The number of carbonyl (C=O) groups is 1. The summed E-state index contributed by atoms with van der Waals surface area (Å²) in [5, 5.41) is 0. The summed E-state index contributed by atoms with van der Waals surface area (Å²) in [5.74, 6) is -0.255. The number of nitrogens with zero attached hydrogens (tertiary/aromatic N) is 3. The fourth-order valence-electron chi connectivity index (χ4n) is 3.13. The minimum atomic E-state index is -4.57. The second-order valence-electron chi connectivity index (χ2n) is 6.18. The van der Waals surface area contributed by atoms with Gasteiger partial charge in [0.1, 0.15) is 5.82 Å². The van der Waals surface area contributed by atoms with Crippen molar-refractivity contribution in [3.8, 4) is 0 Å². The molecule has 0 spiro atoms. The Kier molecular flexibility index (Phi) is 4.36. The van der Waals surface area contributed by atoms with Crippen LogP contribution in [0.15, 0.2) is 35.4 Å². The Balaban J connectivity index is 2.04. The third kappa shape index (κ3) is 3.24. The highest BCUT2D eigenvalue weighted by atomic mass is 19.4. The SMILES string of the molecule is CCOC(=O)c1nc2c(=O)[nH]c3cc(C(F)(F)F)ccc3n2c1Cc1ncc[nH]1. The summed E-state index contributed by atoms with van der Waals surface area (Å²) in [7, 11) is 0. The third-order valence-corrected chi connectivity index (χ3v) is 4.35. The lowest BCUT2D eigenvalue weighted by Crippen LogP contribution is -2.13. The molecule has 0 bridgehead atoms. The summed E-state index contributed by atoms with van der Waals surface area (Å²) in [4.78, 5) is 38.4. The first kappa shape index (κ1) is 18.7. The highest BCUT2D eigenvalue weighted by Gasteiger charge is 2.31. The molecule has 0 aliphatic rings. The topological polar surface area (TPSA) is 105 Å². The van der Waals surface area contributed by atoms with Gasteiger partial charge in [-0.1, -0.05) is 0 Å². The first-order chi connectivity index (χ1) is 13.8. The molecule has 0 aliphatic carbocycles. The number of esters is 1. The minimum absolute atomic E-state index is 0.0363. The van der Waals surface area contributed by atoms with Crippen LogP contribution in [-0.4, -0.2) is 36.9 Å². The van der Waals surface area contributed by atoms with E-state index in [2.05, 4.69) is 19.9 Å². The maximum atomic E-state index is 13.1. The molecule has 0 amide bonds. The van der Waals surface area contributed by atoms with Gasteiger partial charge in [-0.15, -0.1) is 0 Å². The molecule has 8 nitrogen and oxygen atoms in total. The number of ether oxygens (including phenoxy) is 1. The lowest BCUT2D eigenvalue weighted by Gasteiger charge is -2.10. The summed E-state index contributed by atoms with van der Waals surface area (Å²) in [6, 6.07) is 2.97. The largest absolute Gasteiger partial charge is 0.461 e. The molecule has 4 rings (SSSR count). The van der Waals surface area contributed by atoms with Crippen LogP contribution >= 0.6 is 0 Å². The normalized spacial score (nSPS) is 12.0. The van der Waals surface area contributed by atoms with E-state index in [0.29, 0.717) is 5.82 Å². The van der Waals surface area contributed by atoms with E-state index in [-0.39, 0.29) is 41.1 Å². The van der Waals surface area contributed by atoms with Crippen molar-refractivity contribution < 1.29 is 22.7 Å². The van der Waals surface area contributed by atoms with E-state index in [1.165, 1.54) is 16.7 Å². The number of halogens is 3. The molecule has 0 aliphatic heterocycles. The number of hydrogen-bond donors (Lipinski definition) is 2. The van der Waals surface area contributed by atoms with Crippen molar-refractivity contribution in [3.05, 3.63) is 63.7 Å².